The smallest absolute Gasteiger partial charge is 0.127 e. The summed E-state index contributed by atoms with van der Waals surface area (Å²) in [5.41, 5.74) is 9.42. The molecule has 1 heterocycles. The van der Waals surface area contributed by atoms with Gasteiger partial charge in [0.2, 0.25) is 0 Å². The van der Waals surface area contributed by atoms with Gasteiger partial charge < -0.3 is 11.1 Å². The van der Waals surface area contributed by atoms with Crippen LogP contribution in [-0.2, 0) is 6.54 Å². The molecule has 1 aromatic carbocycles. The van der Waals surface area contributed by atoms with Gasteiger partial charge in [-0.3, -0.25) is 0 Å². The third-order valence-corrected chi connectivity index (χ3v) is 2.84. The standard InChI is InChI=1S/C14H14N4/c1-10-12(3-2-4-13(10)16)9-18-14-7-11(8-15)5-6-17-14/h2-7H,9,16H2,1H3,(H,17,18). The lowest BCUT2D eigenvalue weighted by Gasteiger charge is -2.10. The predicted octanol–water partition coefficient (Wildman–Crippen LogP) is 2.46. The van der Waals surface area contributed by atoms with Crippen LogP contribution in [0.2, 0.25) is 0 Å². The fourth-order valence-corrected chi connectivity index (χ4v) is 1.68. The van der Waals surface area contributed by atoms with Crippen LogP contribution in [0.25, 0.3) is 0 Å². The highest BCUT2D eigenvalue weighted by atomic mass is 15.0. The third-order valence-electron chi connectivity index (χ3n) is 2.84. The number of rotatable bonds is 3. The van der Waals surface area contributed by atoms with E-state index in [1.807, 2.05) is 25.1 Å². The highest BCUT2D eigenvalue weighted by Gasteiger charge is 2.02. The summed E-state index contributed by atoms with van der Waals surface area (Å²) in [6.07, 6.45) is 1.62. The molecule has 0 saturated heterocycles. The number of benzene rings is 1. The van der Waals surface area contributed by atoms with Crippen LogP contribution in [0.4, 0.5) is 11.5 Å². The van der Waals surface area contributed by atoms with E-state index in [9.17, 15) is 0 Å². The van der Waals surface area contributed by atoms with E-state index in [2.05, 4.69) is 16.4 Å². The maximum atomic E-state index is 8.81. The van der Waals surface area contributed by atoms with Crippen molar-refractivity contribution in [2.75, 3.05) is 11.1 Å². The van der Waals surface area contributed by atoms with Gasteiger partial charge in [0.1, 0.15) is 5.82 Å². The van der Waals surface area contributed by atoms with E-state index >= 15 is 0 Å². The molecule has 3 N–H and O–H groups in total. The number of aromatic nitrogens is 1. The Morgan fingerprint density at radius 1 is 1.39 bits per heavy atom. The summed E-state index contributed by atoms with van der Waals surface area (Å²) in [6.45, 7) is 2.63. The van der Waals surface area contributed by atoms with Crippen LogP contribution < -0.4 is 11.1 Å². The lowest BCUT2D eigenvalue weighted by atomic mass is 10.1. The van der Waals surface area contributed by atoms with E-state index in [-0.39, 0.29) is 0 Å². The molecule has 1 aromatic heterocycles. The molecule has 4 heteroatoms. The maximum Gasteiger partial charge on any atom is 0.127 e. The Labute approximate surface area is 106 Å². The number of hydrogen-bond acceptors (Lipinski definition) is 4. The zero-order chi connectivity index (χ0) is 13.0. The number of nitrogens with one attached hydrogen (secondary N) is 1. The largest absolute Gasteiger partial charge is 0.399 e. The zero-order valence-corrected chi connectivity index (χ0v) is 10.1. The van der Waals surface area contributed by atoms with Crippen molar-refractivity contribution in [2.45, 2.75) is 13.5 Å². The van der Waals surface area contributed by atoms with Crippen LogP contribution in [0.5, 0.6) is 0 Å². The predicted molar refractivity (Wildman–Crippen MR) is 71.9 cm³/mol. The molecule has 2 aromatic rings. The second-order valence-corrected chi connectivity index (χ2v) is 4.03. The quantitative estimate of drug-likeness (QED) is 0.805. The first-order valence-corrected chi connectivity index (χ1v) is 5.64. The van der Waals surface area contributed by atoms with E-state index < -0.39 is 0 Å². The minimum absolute atomic E-state index is 0.594. The number of nitrogens with zero attached hydrogens (tertiary/aromatic N) is 2. The van der Waals surface area contributed by atoms with Crippen molar-refractivity contribution >= 4 is 11.5 Å². The number of nitrogens with two attached hydrogens (primary N) is 1. The van der Waals surface area contributed by atoms with Gasteiger partial charge in [-0.1, -0.05) is 12.1 Å². The van der Waals surface area contributed by atoms with Crippen molar-refractivity contribution in [2.24, 2.45) is 0 Å². The van der Waals surface area contributed by atoms with Crippen LogP contribution in [0.3, 0.4) is 0 Å². The normalized spacial score (nSPS) is 9.78. The van der Waals surface area contributed by atoms with Gasteiger partial charge in [-0.05, 0) is 36.2 Å². The molecule has 0 fully saturated rings. The van der Waals surface area contributed by atoms with Gasteiger partial charge >= 0.3 is 0 Å². The summed E-state index contributed by atoms with van der Waals surface area (Å²) < 4.78 is 0. The Hall–Kier alpha value is -2.54. The van der Waals surface area contributed by atoms with Gasteiger partial charge in [-0.15, -0.1) is 0 Å². The highest BCUT2D eigenvalue weighted by Crippen LogP contribution is 2.16. The summed E-state index contributed by atoms with van der Waals surface area (Å²) in [7, 11) is 0. The van der Waals surface area contributed by atoms with Crippen molar-refractivity contribution in [1.29, 1.82) is 5.26 Å². The van der Waals surface area contributed by atoms with E-state index in [1.54, 1.807) is 18.3 Å². The first kappa shape index (κ1) is 11.9. The van der Waals surface area contributed by atoms with Gasteiger partial charge in [0.25, 0.3) is 0 Å². The third kappa shape index (κ3) is 2.58. The van der Waals surface area contributed by atoms with Crippen molar-refractivity contribution in [3.8, 4) is 6.07 Å². The van der Waals surface area contributed by atoms with Crippen LogP contribution in [0, 0.1) is 18.3 Å². The van der Waals surface area contributed by atoms with E-state index in [4.69, 9.17) is 11.0 Å². The lowest BCUT2D eigenvalue weighted by molar-refractivity contribution is 1.09. The number of nitriles is 1. The van der Waals surface area contributed by atoms with Crippen LogP contribution in [0.15, 0.2) is 36.5 Å². The molecule has 0 aliphatic rings. The Morgan fingerprint density at radius 2 is 2.22 bits per heavy atom. The lowest BCUT2D eigenvalue weighted by Crippen LogP contribution is -2.04. The van der Waals surface area contributed by atoms with E-state index in [0.29, 0.717) is 17.9 Å². The molecule has 0 aliphatic carbocycles. The second kappa shape index (κ2) is 5.19. The molecule has 18 heavy (non-hydrogen) atoms. The summed E-state index contributed by atoms with van der Waals surface area (Å²) in [5, 5.41) is 12.0. The Balaban J connectivity index is 2.12. The van der Waals surface area contributed by atoms with Crippen molar-refractivity contribution in [1.82, 2.24) is 4.98 Å². The maximum absolute atomic E-state index is 8.81. The van der Waals surface area contributed by atoms with Crippen LogP contribution in [-0.4, -0.2) is 4.98 Å². The molecule has 0 radical (unpaired) electrons. The molecular formula is C14H14N4. The summed E-state index contributed by atoms with van der Waals surface area (Å²) in [5.74, 6) is 0.691. The summed E-state index contributed by atoms with van der Waals surface area (Å²) >= 11 is 0. The van der Waals surface area contributed by atoms with Gasteiger partial charge in [-0.2, -0.15) is 5.26 Å². The molecule has 0 spiro atoms. The fraction of sp³-hybridized carbons (Fsp3) is 0.143. The van der Waals surface area contributed by atoms with Gasteiger partial charge in [0.15, 0.2) is 0 Å². The summed E-state index contributed by atoms with van der Waals surface area (Å²) in [4.78, 5) is 4.16. The molecule has 0 amide bonds. The number of nitrogen functional groups attached to an aromatic ring is 1. The average Bonchev–Trinajstić information content (AvgIpc) is 2.41. The fourth-order valence-electron chi connectivity index (χ4n) is 1.68. The van der Waals surface area contributed by atoms with Crippen molar-refractivity contribution < 1.29 is 0 Å². The number of anilines is 2. The molecule has 0 aliphatic heterocycles. The molecule has 0 unspecified atom stereocenters. The molecule has 2 rings (SSSR count). The van der Waals surface area contributed by atoms with E-state index in [0.717, 1.165) is 16.8 Å². The monoisotopic (exact) mass is 238 g/mol. The van der Waals surface area contributed by atoms with Gasteiger partial charge in [0.05, 0.1) is 11.6 Å². The molecule has 90 valence electrons. The first-order valence-electron chi connectivity index (χ1n) is 5.64. The van der Waals surface area contributed by atoms with Crippen molar-refractivity contribution in [3.63, 3.8) is 0 Å². The highest BCUT2D eigenvalue weighted by molar-refractivity contribution is 5.51. The van der Waals surface area contributed by atoms with Crippen LogP contribution >= 0.6 is 0 Å². The average molecular weight is 238 g/mol. The van der Waals surface area contributed by atoms with Crippen LogP contribution in [0.1, 0.15) is 16.7 Å². The van der Waals surface area contributed by atoms with E-state index in [1.165, 1.54) is 0 Å². The van der Waals surface area contributed by atoms with Gasteiger partial charge in [0, 0.05) is 18.4 Å². The van der Waals surface area contributed by atoms with Crippen molar-refractivity contribution in [3.05, 3.63) is 53.2 Å². The van der Waals surface area contributed by atoms with Gasteiger partial charge in [-0.25, -0.2) is 4.98 Å². The first-order chi connectivity index (χ1) is 8.70. The number of hydrogen-bond donors (Lipinski definition) is 2. The molecule has 4 nitrogen and oxygen atoms in total. The molecule has 0 bridgehead atoms. The summed E-state index contributed by atoms with van der Waals surface area (Å²) in [6, 6.07) is 11.3. The molecular weight excluding hydrogens is 224 g/mol. The Bertz CT molecular complexity index is 599. The minimum atomic E-state index is 0.594. The molecule has 0 atom stereocenters. The Kier molecular flexibility index (Phi) is 3.44. The molecule has 0 saturated carbocycles. The topological polar surface area (TPSA) is 74.7 Å². The second-order valence-electron chi connectivity index (χ2n) is 4.03. The number of pyridine rings is 1. The minimum Gasteiger partial charge on any atom is -0.399 e. The SMILES string of the molecule is Cc1c(N)cccc1CNc1cc(C#N)ccn1. The zero-order valence-electron chi connectivity index (χ0n) is 10.1. The Morgan fingerprint density at radius 3 is 3.00 bits per heavy atom.